The van der Waals surface area contributed by atoms with E-state index < -0.39 is 16.6 Å². The Hall–Kier alpha value is -1.15. The quantitative estimate of drug-likeness (QED) is 0.772. The molecule has 0 aliphatic rings. The molecule has 19 heavy (non-hydrogen) atoms. The molecule has 0 atom stereocenters. The average Bonchev–Trinajstić information content (AvgIpc) is 2.11. The molecule has 106 valence electrons. The summed E-state index contributed by atoms with van der Waals surface area (Å²) in [6.07, 6.45) is 1.74. The maximum Gasteiger partial charge on any atom is 0.305 e. The van der Waals surface area contributed by atoms with Gasteiger partial charge in [0.15, 0.2) is 0 Å². The molecule has 0 aliphatic heterocycles. The molecular weight excluding hydrogens is 272 g/mol. The van der Waals surface area contributed by atoms with Gasteiger partial charge in [-0.15, -0.1) is 0 Å². The zero-order valence-corrected chi connectivity index (χ0v) is 15.0. The second-order valence-corrected chi connectivity index (χ2v) is 15.4. The minimum atomic E-state index is -1.73. The van der Waals surface area contributed by atoms with Gasteiger partial charge in [-0.25, -0.2) is 4.98 Å². The molecule has 0 radical (unpaired) electrons. The van der Waals surface area contributed by atoms with Gasteiger partial charge in [0.1, 0.15) is 0 Å². The highest BCUT2D eigenvalue weighted by Crippen LogP contribution is 2.26. The van der Waals surface area contributed by atoms with Gasteiger partial charge in [-0.2, -0.15) is 4.98 Å². The molecule has 0 saturated carbocycles. The lowest BCUT2D eigenvalue weighted by Crippen LogP contribution is -2.32. The van der Waals surface area contributed by atoms with Crippen LogP contribution < -0.4 is 8.85 Å². The Morgan fingerprint density at radius 2 is 1.58 bits per heavy atom. The van der Waals surface area contributed by atoms with Crippen molar-refractivity contribution in [1.29, 1.82) is 0 Å². The molecule has 0 aliphatic carbocycles. The van der Waals surface area contributed by atoms with E-state index in [4.69, 9.17) is 8.85 Å². The number of rotatable bonds is 5. The summed E-state index contributed by atoms with van der Waals surface area (Å²) in [6, 6.07) is 0.400. The van der Waals surface area contributed by atoms with Crippen LogP contribution in [0.25, 0.3) is 5.57 Å². The molecule has 1 heterocycles. The number of allylic oxidation sites excluding steroid dienone is 1. The number of aromatic nitrogens is 2. The third kappa shape index (κ3) is 5.56. The van der Waals surface area contributed by atoms with Crippen LogP contribution >= 0.6 is 0 Å². The van der Waals surface area contributed by atoms with Gasteiger partial charge in [0.25, 0.3) is 0 Å². The Balaban J connectivity index is 3.15. The van der Waals surface area contributed by atoms with Crippen LogP contribution in [0.3, 0.4) is 0 Å². The zero-order valence-electron chi connectivity index (χ0n) is 13.0. The first-order chi connectivity index (χ1) is 8.48. The lowest BCUT2D eigenvalue weighted by molar-refractivity contribution is 0.474. The molecule has 1 aromatic heterocycles. The van der Waals surface area contributed by atoms with Gasteiger partial charge in [-0.05, 0) is 51.8 Å². The number of hydrogen-bond donors (Lipinski definition) is 0. The van der Waals surface area contributed by atoms with Crippen molar-refractivity contribution in [2.75, 3.05) is 0 Å². The summed E-state index contributed by atoms with van der Waals surface area (Å²) in [5.74, 6) is 0.593. The molecular formula is C13H24N2O2Si2. The molecule has 0 N–H and O–H groups in total. The molecule has 4 nitrogen and oxygen atoms in total. The summed E-state index contributed by atoms with van der Waals surface area (Å²) in [5, 5.41) is 0. The second-order valence-electron chi connectivity index (χ2n) is 6.58. The molecule has 0 bridgehead atoms. The SMILES string of the molecule is C=C(C)c1cnc(O[Si](C)(C)C)nc1O[Si](C)(C)C. The van der Waals surface area contributed by atoms with E-state index in [1.165, 1.54) is 0 Å². The Kier molecular flexibility index (Phi) is 4.57. The molecule has 6 heteroatoms. The fraction of sp³-hybridized carbons (Fsp3) is 0.538. The third-order valence-corrected chi connectivity index (χ3v) is 3.59. The summed E-state index contributed by atoms with van der Waals surface area (Å²) >= 11 is 0. The smallest absolute Gasteiger partial charge is 0.305 e. The number of hydrogen-bond acceptors (Lipinski definition) is 4. The Morgan fingerprint density at radius 3 is 2.00 bits per heavy atom. The maximum atomic E-state index is 6.01. The van der Waals surface area contributed by atoms with E-state index >= 15 is 0 Å². The van der Waals surface area contributed by atoms with Gasteiger partial charge in [0, 0.05) is 6.20 Å². The van der Waals surface area contributed by atoms with E-state index in [0.29, 0.717) is 11.9 Å². The fourth-order valence-electron chi connectivity index (χ4n) is 1.33. The second kappa shape index (κ2) is 5.46. The van der Waals surface area contributed by atoms with Crippen molar-refractivity contribution in [3.63, 3.8) is 0 Å². The molecule has 0 aromatic carbocycles. The predicted molar refractivity (Wildman–Crippen MR) is 84.7 cm³/mol. The van der Waals surface area contributed by atoms with Crippen molar-refractivity contribution in [1.82, 2.24) is 9.97 Å². The Morgan fingerprint density at radius 1 is 1.05 bits per heavy atom. The van der Waals surface area contributed by atoms with E-state index in [-0.39, 0.29) is 0 Å². The molecule has 1 rings (SSSR count). The first-order valence-electron chi connectivity index (χ1n) is 6.39. The van der Waals surface area contributed by atoms with Crippen molar-refractivity contribution in [2.45, 2.75) is 46.2 Å². The zero-order chi connectivity index (χ0) is 14.8. The maximum absolute atomic E-state index is 6.01. The van der Waals surface area contributed by atoms with Crippen molar-refractivity contribution < 1.29 is 8.85 Å². The molecule has 0 spiro atoms. The first kappa shape index (κ1) is 15.9. The molecule has 0 fully saturated rings. The van der Waals surface area contributed by atoms with Crippen LogP contribution in [0, 0.1) is 0 Å². The molecule has 0 saturated heterocycles. The highest BCUT2D eigenvalue weighted by Gasteiger charge is 2.23. The molecule has 1 aromatic rings. The Labute approximate surface area is 118 Å². The Bertz CT molecular complexity index is 477. The standard InChI is InChI=1S/C13H24N2O2Si2/c1-10(2)11-9-14-13(17-19(6,7)8)15-12(11)16-18(3,4)5/h9H,1H2,2-8H3. The molecule has 0 unspecified atom stereocenters. The normalized spacial score (nSPS) is 12.2. The first-order valence-corrected chi connectivity index (χ1v) is 13.2. The third-order valence-electron chi connectivity index (χ3n) is 1.99. The van der Waals surface area contributed by atoms with Gasteiger partial charge < -0.3 is 8.85 Å². The van der Waals surface area contributed by atoms with E-state index in [2.05, 4.69) is 55.8 Å². The van der Waals surface area contributed by atoms with E-state index in [9.17, 15) is 0 Å². The predicted octanol–water partition coefficient (Wildman–Crippen LogP) is 3.94. The highest BCUT2D eigenvalue weighted by atomic mass is 28.4. The van der Waals surface area contributed by atoms with Crippen molar-refractivity contribution in [3.05, 3.63) is 18.3 Å². The topological polar surface area (TPSA) is 44.2 Å². The fourth-order valence-corrected chi connectivity index (χ4v) is 2.72. The van der Waals surface area contributed by atoms with Gasteiger partial charge in [-0.3, -0.25) is 0 Å². The van der Waals surface area contributed by atoms with Crippen molar-refractivity contribution >= 4 is 22.2 Å². The lowest BCUT2D eigenvalue weighted by atomic mass is 10.2. The molecule has 0 amide bonds. The van der Waals surface area contributed by atoms with Crippen LogP contribution in [0.15, 0.2) is 12.8 Å². The van der Waals surface area contributed by atoms with E-state index in [1.807, 2.05) is 6.92 Å². The summed E-state index contributed by atoms with van der Waals surface area (Å²) in [6.45, 7) is 18.5. The largest absolute Gasteiger partial charge is 0.531 e. The van der Waals surface area contributed by atoms with Crippen LogP contribution in [-0.4, -0.2) is 26.6 Å². The van der Waals surface area contributed by atoms with Crippen LogP contribution in [-0.2, 0) is 0 Å². The van der Waals surface area contributed by atoms with Gasteiger partial charge in [0.2, 0.25) is 22.5 Å². The van der Waals surface area contributed by atoms with E-state index in [0.717, 1.165) is 11.1 Å². The van der Waals surface area contributed by atoms with Crippen molar-refractivity contribution in [3.8, 4) is 11.9 Å². The summed E-state index contributed by atoms with van der Waals surface area (Å²) in [7, 11) is -3.45. The number of nitrogens with zero attached hydrogens (tertiary/aromatic N) is 2. The van der Waals surface area contributed by atoms with Crippen LogP contribution in [0.5, 0.6) is 11.9 Å². The average molecular weight is 297 g/mol. The summed E-state index contributed by atoms with van der Waals surface area (Å²) < 4.78 is 11.8. The summed E-state index contributed by atoms with van der Waals surface area (Å²) in [5.41, 5.74) is 1.75. The van der Waals surface area contributed by atoms with Gasteiger partial charge >= 0.3 is 6.01 Å². The van der Waals surface area contributed by atoms with Crippen LogP contribution in [0.1, 0.15) is 12.5 Å². The summed E-state index contributed by atoms with van der Waals surface area (Å²) in [4.78, 5) is 8.67. The lowest BCUT2D eigenvalue weighted by Gasteiger charge is -2.22. The van der Waals surface area contributed by atoms with Gasteiger partial charge in [-0.1, -0.05) is 6.58 Å². The van der Waals surface area contributed by atoms with Crippen LogP contribution in [0.4, 0.5) is 0 Å². The van der Waals surface area contributed by atoms with Crippen LogP contribution in [0.2, 0.25) is 39.3 Å². The minimum Gasteiger partial charge on any atom is -0.531 e. The minimum absolute atomic E-state index is 0.400. The highest BCUT2D eigenvalue weighted by molar-refractivity contribution is 6.70. The monoisotopic (exact) mass is 296 g/mol. The van der Waals surface area contributed by atoms with Gasteiger partial charge in [0.05, 0.1) is 5.56 Å². The van der Waals surface area contributed by atoms with Crippen molar-refractivity contribution in [2.24, 2.45) is 0 Å². The van der Waals surface area contributed by atoms with E-state index in [1.54, 1.807) is 6.20 Å².